The van der Waals surface area contributed by atoms with E-state index in [4.69, 9.17) is 9.47 Å². The van der Waals surface area contributed by atoms with Crippen molar-refractivity contribution in [2.75, 3.05) is 40.4 Å². The summed E-state index contributed by atoms with van der Waals surface area (Å²) < 4.78 is 14.1. The lowest BCUT2D eigenvalue weighted by atomic mass is 9.84. The molecule has 1 saturated carbocycles. The Hall–Kier alpha value is -5.99. The number of methoxy groups -OCH3 is 1. The molecule has 2 saturated heterocycles. The minimum atomic E-state index is -1.13. The molecule has 8 rings (SSSR count). The van der Waals surface area contributed by atoms with E-state index in [-0.39, 0.29) is 43.1 Å². The fraction of sp³-hybridized carbons (Fsp3) is 0.491. The summed E-state index contributed by atoms with van der Waals surface area (Å²) in [7, 11) is 3.35. The third kappa shape index (κ3) is 10.0. The zero-order chi connectivity index (χ0) is 47.6. The lowest BCUT2D eigenvalue weighted by Gasteiger charge is -2.37. The molecule has 4 aromatic rings. The molecular weight excluding hydrogens is 849 g/mol. The van der Waals surface area contributed by atoms with Crippen LogP contribution in [-0.2, 0) is 59.4 Å². The largest absolute Gasteiger partial charge is 0.508 e. The summed E-state index contributed by atoms with van der Waals surface area (Å²) in [6, 6.07) is 17.1. The van der Waals surface area contributed by atoms with Crippen molar-refractivity contribution in [1.82, 2.24) is 30.1 Å². The number of likely N-dealkylation sites (tertiary alicyclic amines) is 1. The maximum atomic E-state index is 14.8. The van der Waals surface area contributed by atoms with Crippen LogP contribution in [0.4, 0.5) is 0 Å². The zero-order valence-electron chi connectivity index (χ0n) is 39.6. The van der Waals surface area contributed by atoms with Crippen molar-refractivity contribution in [3.8, 4) is 28.1 Å². The summed E-state index contributed by atoms with van der Waals surface area (Å²) in [6.45, 7) is 12.1. The van der Waals surface area contributed by atoms with Gasteiger partial charge in [0.2, 0.25) is 17.7 Å². The molecule has 0 spiro atoms. The molecule has 14 heteroatoms. The van der Waals surface area contributed by atoms with Gasteiger partial charge in [-0.1, -0.05) is 69.7 Å². The minimum Gasteiger partial charge on any atom is -0.508 e. The fourth-order valence-electron chi connectivity index (χ4n) is 11.0. The molecule has 356 valence electrons. The lowest BCUT2D eigenvalue weighted by Crippen LogP contribution is -2.62. The Morgan fingerprint density at radius 3 is 2.54 bits per heavy atom. The molecule has 4 heterocycles. The number of aromatic hydroxyl groups is 1. The van der Waals surface area contributed by atoms with Crippen LogP contribution in [0.2, 0.25) is 0 Å². The average molecular weight is 915 g/mol. The van der Waals surface area contributed by atoms with Gasteiger partial charge in [0.25, 0.3) is 5.91 Å². The van der Waals surface area contributed by atoms with Gasteiger partial charge in [-0.2, -0.15) is 0 Å². The molecule has 3 N–H and O–H groups in total. The smallest absolute Gasteiger partial charge is 0.324 e. The summed E-state index contributed by atoms with van der Waals surface area (Å²) in [5.41, 5.74) is 10.2. The van der Waals surface area contributed by atoms with E-state index in [1.54, 1.807) is 31.2 Å². The molecule has 1 aromatic heterocycles. The molecule has 67 heavy (non-hydrogen) atoms. The molecule has 3 fully saturated rings. The van der Waals surface area contributed by atoms with Crippen LogP contribution in [0.5, 0.6) is 5.75 Å². The number of hydrazine groups is 1. The number of esters is 1. The maximum absolute atomic E-state index is 14.8. The van der Waals surface area contributed by atoms with Gasteiger partial charge < -0.3 is 34.3 Å². The molecule has 4 atom stereocenters. The number of nitrogens with zero attached hydrogens (tertiary/aromatic N) is 4. The van der Waals surface area contributed by atoms with Crippen LogP contribution in [0.1, 0.15) is 82.4 Å². The van der Waals surface area contributed by atoms with Gasteiger partial charge in [0.1, 0.15) is 23.9 Å². The lowest BCUT2D eigenvalue weighted by molar-refractivity contribution is -0.155. The first-order chi connectivity index (χ1) is 32.2. The van der Waals surface area contributed by atoms with Crippen LogP contribution in [-0.4, -0.2) is 113 Å². The minimum absolute atomic E-state index is 0.00908. The number of hydrogen-bond acceptors (Lipinski definition) is 9. The Morgan fingerprint density at radius 2 is 1.79 bits per heavy atom. The summed E-state index contributed by atoms with van der Waals surface area (Å²) in [4.78, 5) is 73.3. The first-order valence-electron chi connectivity index (χ1n) is 24.0. The van der Waals surface area contributed by atoms with E-state index in [1.165, 1.54) is 16.0 Å². The van der Waals surface area contributed by atoms with Gasteiger partial charge in [-0.15, -0.1) is 0 Å². The summed E-state index contributed by atoms with van der Waals surface area (Å²) in [5, 5.41) is 16.9. The van der Waals surface area contributed by atoms with Crippen LogP contribution in [0, 0.1) is 17.3 Å². The SMILES string of the molecule is C=CC(=O)N1CC[C@H](C(=O)N(C)C(C(=O)N[C@H]2Cc3cc(O)cc(c3)-c3ccc4c(c3)c(c(-c3ccccc3COC)n4CC)CC(C)(C)COC(=O)[C@@H]3CCCN(N3)C2=O)C2CCCC2)C1. The summed E-state index contributed by atoms with van der Waals surface area (Å²) in [6.07, 6.45) is 6.64. The normalized spacial score (nSPS) is 21.7. The Kier molecular flexibility index (Phi) is 14.2. The molecule has 6 bridgehead atoms. The third-order valence-electron chi connectivity index (χ3n) is 14.3. The highest BCUT2D eigenvalue weighted by Gasteiger charge is 2.42. The van der Waals surface area contributed by atoms with Crippen molar-refractivity contribution in [3.63, 3.8) is 0 Å². The van der Waals surface area contributed by atoms with Gasteiger partial charge in [-0.3, -0.25) is 29.0 Å². The van der Waals surface area contributed by atoms with Crippen molar-refractivity contribution < 1.29 is 38.6 Å². The molecule has 14 nitrogen and oxygen atoms in total. The number of phenolic OH excluding ortho intramolecular Hbond substituents is 1. The molecular formula is C53H66N6O8. The maximum Gasteiger partial charge on any atom is 0.324 e. The summed E-state index contributed by atoms with van der Waals surface area (Å²) >= 11 is 0. The highest BCUT2D eigenvalue weighted by molar-refractivity contribution is 5.96. The Morgan fingerprint density at radius 1 is 1.01 bits per heavy atom. The Bertz CT molecular complexity index is 2540. The number of aryl methyl sites for hydroxylation is 1. The molecule has 0 radical (unpaired) electrons. The quantitative estimate of drug-likeness (QED) is 0.118. The first kappa shape index (κ1) is 47.5. The van der Waals surface area contributed by atoms with E-state index < -0.39 is 47.2 Å². The molecule has 4 aliphatic rings. The number of benzene rings is 3. The second-order valence-corrected chi connectivity index (χ2v) is 19.7. The van der Waals surface area contributed by atoms with E-state index in [1.807, 2.05) is 24.3 Å². The number of amides is 4. The van der Waals surface area contributed by atoms with Crippen LogP contribution >= 0.6 is 0 Å². The number of nitrogens with one attached hydrogen (secondary N) is 2. The van der Waals surface area contributed by atoms with Crippen LogP contribution < -0.4 is 10.7 Å². The first-order valence-corrected chi connectivity index (χ1v) is 24.0. The van der Waals surface area contributed by atoms with Crippen molar-refractivity contribution in [2.45, 2.75) is 110 Å². The number of ether oxygens (including phenoxy) is 2. The second-order valence-electron chi connectivity index (χ2n) is 19.7. The zero-order valence-corrected chi connectivity index (χ0v) is 39.6. The average Bonchev–Trinajstić information content (AvgIpc) is 4.10. The second kappa shape index (κ2) is 20.1. The Balaban J connectivity index is 1.20. The summed E-state index contributed by atoms with van der Waals surface area (Å²) in [5.74, 6) is -2.40. The number of aromatic nitrogens is 1. The van der Waals surface area contributed by atoms with E-state index in [0.717, 1.165) is 70.1 Å². The van der Waals surface area contributed by atoms with E-state index in [2.05, 4.69) is 66.9 Å². The highest BCUT2D eigenvalue weighted by atomic mass is 16.5. The molecule has 3 aromatic carbocycles. The van der Waals surface area contributed by atoms with Crippen molar-refractivity contribution >= 4 is 40.5 Å². The number of rotatable bonds is 10. The number of hydrogen-bond donors (Lipinski definition) is 3. The number of fused-ring (bicyclic) bond motifs is 6. The van der Waals surface area contributed by atoms with Crippen molar-refractivity contribution in [3.05, 3.63) is 90.0 Å². The third-order valence-corrected chi connectivity index (χ3v) is 14.3. The van der Waals surface area contributed by atoms with E-state index >= 15 is 0 Å². The number of cyclic esters (lactones) is 1. The van der Waals surface area contributed by atoms with E-state index in [0.29, 0.717) is 57.5 Å². The monoisotopic (exact) mass is 914 g/mol. The van der Waals surface area contributed by atoms with Gasteiger partial charge in [0.15, 0.2) is 0 Å². The van der Waals surface area contributed by atoms with Crippen molar-refractivity contribution in [1.29, 1.82) is 0 Å². The fourth-order valence-corrected chi connectivity index (χ4v) is 11.0. The standard InChI is InChI=1S/C53H66N6O8/c1-7-46(61)57-23-21-36(30-57)50(63)56(5)47(34-14-9-10-15-34)49(62)54-44-26-33-24-38(27-39(60)25-33)35-19-20-45-41(28-35)42(48(58(45)8-2)40-17-12-11-16-37(40)31-66-6)29-53(3,4)32-67-52(65)43-18-13-22-59(55-43)51(44)64/h7,11-12,16-17,19-20,24-25,27-28,34,36,43-44,47,55,60H,1,8-10,13-15,18,21-23,26,29-32H2,2-6H3,(H,54,62)/t36-,43-,44-,47?/m0/s1. The van der Waals surface area contributed by atoms with Gasteiger partial charge in [0.05, 0.1) is 24.8 Å². The van der Waals surface area contributed by atoms with Crippen molar-refractivity contribution in [2.24, 2.45) is 17.3 Å². The van der Waals surface area contributed by atoms with Crippen LogP contribution in [0.15, 0.2) is 73.3 Å². The highest BCUT2D eigenvalue weighted by Crippen LogP contribution is 2.42. The van der Waals surface area contributed by atoms with Gasteiger partial charge in [-0.25, -0.2) is 5.43 Å². The predicted molar refractivity (Wildman–Crippen MR) is 256 cm³/mol. The number of carbonyl (C=O) groups excluding carboxylic acids is 5. The van der Waals surface area contributed by atoms with E-state index in [9.17, 15) is 29.1 Å². The van der Waals surface area contributed by atoms with Crippen LogP contribution in [0.3, 0.4) is 0 Å². The number of likely N-dealkylation sites (N-methyl/N-ethyl adjacent to an activating group) is 1. The number of carbonyl (C=O) groups is 5. The number of phenols is 1. The van der Waals surface area contributed by atoms with Gasteiger partial charge in [0, 0.05) is 68.6 Å². The van der Waals surface area contributed by atoms with Crippen LogP contribution in [0.25, 0.3) is 33.3 Å². The van der Waals surface area contributed by atoms with Gasteiger partial charge >= 0.3 is 5.97 Å². The van der Waals surface area contributed by atoms with Gasteiger partial charge in [-0.05, 0) is 110 Å². The molecule has 3 aliphatic heterocycles. The Labute approximate surface area is 393 Å². The topological polar surface area (TPSA) is 163 Å². The molecule has 1 aliphatic carbocycles. The predicted octanol–water partition coefficient (Wildman–Crippen LogP) is 6.55. The molecule has 1 unspecified atom stereocenters. The molecule has 4 amide bonds.